The fourth-order valence-corrected chi connectivity index (χ4v) is 3.38. The Morgan fingerprint density at radius 2 is 1.79 bits per heavy atom. The summed E-state index contributed by atoms with van der Waals surface area (Å²) < 4.78 is 10.5. The van der Waals surface area contributed by atoms with Crippen LogP contribution in [0.1, 0.15) is 38.7 Å². The van der Waals surface area contributed by atoms with Gasteiger partial charge in [-0.25, -0.2) is 4.79 Å². The van der Waals surface area contributed by atoms with Crippen molar-refractivity contribution in [1.82, 2.24) is 0 Å². The predicted octanol–water partition coefficient (Wildman–Crippen LogP) is 5.44. The first kappa shape index (κ1) is 21.0. The lowest BCUT2D eigenvalue weighted by atomic mass is 10.1. The number of nitrogens with one attached hydrogen (secondary N) is 2. The third-order valence-corrected chi connectivity index (χ3v) is 4.90. The summed E-state index contributed by atoms with van der Waals surface area (Å²) in [6, 6.07) is 12.6. The lowest BCUT2D eigenvalue weighted by Gasteiger charge is -2.20. The summed E-state index contributed by atoms with van der Waals surface area (Å²) in [4.78, 5) is 24.9. The largest absolute Gasteiger partial charge is 0.497 e. The molecule has 2 amide bonds. The smallest absolute Gasteiger partial charge is 0.412 e. The molecule has 7 heteroatoms. The Bertz CT molecular complexity index is 923. The van der Waals surface area contributed by atoms with E-state index in [2.05, 4.69) is 10.6 Å². The van der Waals surface area contributed by atoms with Gasteiger partial charge in [0.2, 0.25) is 5.91 Å². The van der Waals surface area contributed by atoms with Crippen molar-refractivity contribution in [2.75, 3.05) is 17.7 Å². The average Bonchev–Trinajstić information content (AvgIpc) is 3.42. The summed E-state index contributed by atoms with van der Waals surface area (Å²) in [5.74, 6) is 0.357. The van der Waals surface area contributed by atoms with Gasteiger partial charge >= 0.3 is 6.09 Å². The van der Waals surface area contributed by atoms with Crippen molar-refractivity contribution in [3.63, 3.8) is 0 Å². The minimum atomic E-state index is -0.629. The Morgan fingerprint density at radius 3 is 2.45 bits per heavy atom. The SMILES string of the molecule is COc1ccc(NC(=O)OC(C)(C)C)c(NC(=O)C2CC2c2ccccc2Cl)c1. The maximum Gasteiger partial charge on any atom is 0.412 e. The maximum absolute atomic E-state index is 12.8. The van der Waals surface area contributed by atoms with Gasteiger partial charge in [-0.1, -0.05) is 29.8 Å². The molecule has 29 heavy (non-hydrogen) atoms. The first-order valence-corrected chi connectivity index (χ1v) is 9.79. The highest BCUT2D eigenvalue weighted by molar-refractivity contribution is 6.31. The molecule has 3 rings (SSSR count). The molecule has 6 nitrogen and oxygen atoms in total. The molecule has 1 aliphatic carbocycles. The molecule has 154 valence electrons. The highest BCUT2D eigenvalue weighted by Crippen LogP contribution is 2.50. The Hall–Kier alpha value is -2.73. The number of hydrogen-bond acceptors (Lipinski definition) is 4. The molecular weight excluding hydrogens is 392 g/mol. The number of rotatable bonds is 5. The van der Waals surface area contributed by atoms with Gasteiger partial charge in [-0.3, -0.25) is 10.1 Å². The van der Waals surface area contributed by atoms with Crippen molar-refractivity contribution in [3.8, 4) is 5.75 Å². The fourth-order valence-electron chi connectivity index (χ4n) is 3.11. The Labute approximate surface area is 175 Å². The molecule has 2 unspecified atom stereocenters. The number of carbonyl (C=O) groups excluding carboxylic acids is 2. The van der Waals surface area contributed by atoms with Crippen LogP contribution in [-0.2, 0) is 9.53 Å². The molecule has 2 N–H and O–H groups in total. The molecule has 1 aliphatic rings. The second kappa shape index (κ2) is 8.33. The Kier molecular flexibility index (Phi) is 6.03. The van der Waals surface area contributed by atoms with E-state index in [1.54, 1.807) is 39.0 Å². The topological polar surface area (TPSA) is 76.7 Å². The molecule has 0 spiro atoms. The van der Waals surface area contributed by atoms with Crippen LogP contribution in [0.2, 0.25) is 5.02 Å². The van der Waals surface area contributed by atoms with Gasteiger partial charge in [0, 0.05) is 17.0 Å². The van der Waals surface area contributed by atoms with Crippen LogP contribution in [0.5, 0.6) is 5.75 Å². The second-order valence-corrected chi connectivity index (χ2v) is 8.41. The Morgan fingerprint density at radius 1 is 1.07 bits per heavy atom. The highest BCUT2D eigenvalue weighted by Gasteiger charge is 2.45. The number of amides is 2. The van der Waals surface area contributed by atoms with Gasteiger partial charge in [0.1, 0.15) is 11.4 Å². The first-order valence-electron chi connectivity index (χ1n) is 9.41. The standard InChI is InChI=1S/C22H25ClN2O4/c1-22(2,3)29-21(27)25-18-10-9-13(28-4)11-19(18)24-20(26)16-12-15(16)14-7-5-6-8-17(14)23/h5-11,15-16H,12H2,1-4H3,(H,24,26)(H,25,27). The zero-order valence-corrected chi connectivity index (χ0v) is 17.7. The summed E-state index contributed by atoms with van der Waals surface area (Å²) in [6.07, 6.45) is 0.132. The van der Waals surface area contributed by atoms with Crippen LogP contribution in [0.15, 0.2) is 42.5 Å². The summed E-state index contributed by atoms with van der Waals surface area (Å²) in [7, 11) is 1.54. The van der Waals surface area contributed by atoms with E-state index in [0.717, 1.165) is 12.0 Å². The molecule has 2 aromatic carbocycles. The van der Waals surface area contributed by atoms with Crippen LogP contribution in [0.25, 0.3) is 0 Å². The zero-order chi connectivity index (χ0) is 21.2. The van der Waals surface area contributed by atoms with E-state index in [9.17, 15) is 9.59 Å². The zero-order valence-electron chi connectivity index (χ0n) is 16.9. The molecule has 0 heterocycles. The van der Waals surface area contributed by atoms with Gasteiger partial charge in [0.15, 0.2) is 0 Å². The van der Waals surface area contributed by atoms with E-state index in [1.165, 1.54) is 7.11 Å². The van der Waals surface area contributed by atoms with Gasteiger partial charge in [0.25, 0.3) is 0 Å². The molecule has 0 radical (unpaired) electrons. The van der Waals surface area contributed by atoms with Crippen molar-refractivity contribution in [2.45, 2.75) is 38.7 Å². The monoisotopic (exact) mass is 416 g/mol. The molecule has 0 aliphatic heterocycles. The molecule has 2 aromatic rings. The van der Waals surface area contributed by atoms with E-state index < -0.39 is 11.7 Å². The lowest BCUT2D eigenvalue weighted by Crippen LogP contribution is -2.27. The molecule has 0 aromatic heterocycles. The van der Waals surface area contributed by atoms with Gasteiger partial charge in [-0.2, -0.15) is 0 Å². The van der Waals surface area contributed by atoms with Crippen molar-refractivity contribution in [3.05, 3.63) is 53.1 Å². The van der Waals surface area contributed by atoms with E-state index in [-0.39, 0.29) is 17.7 Å². The summed E-state index contributed by atoms with van der Waals surface area (Å²) >= 11 is 6.25. The van der Waals surface area contributed by atoms with E-state index in [1.807, 2.05) is 24.3 Å². The van der Waals surface area contributed by atoms with Crippen molar-refractivity contribution < 1.29 is 19.1 Å². The van der Waals surface area contributed by atoms with Gasteiger partial charge in [0.05, 0.1) is 18.5 Å². The first-order chi connectivity index (χ1) is 13.7. The molecule has 0 saturated heterocycles. The van der Waals surface area contributed by atoms with Crippen LogP contribution < -0.4 is 15.4 Å². The minimum absolute atomic E-state index is 0.0940. The minimum Gasteiger partial charge on any atom is -0.497 e. The van der Waals surface area contributed by atoms with Crippen LogP contribution in [-0.4, -0.2) is 24.7 Å². The molecule has 1 saturated carbocycles. The molecular formula is C22H25ClN2O4. The summed E-state index contributed by atoms with van der Waals surface area (Å²) in [6.45, 7) is 5.35. The summed E-state index contributed by atoms with van der Waals surface area (Å²) in [5, 5.41) is 6.25. The van der Waals surface area contributed by atoms with E-state index in [4.69, 9.17) is 21.1 Å². The third kappa shape index (κ3) is 5.41. The quantitative estimate of drug-likeness (QED) is 0.680. The fraction of sp³-hybridized carbons (Fsp3) is 0.364. The van der Waals surface area contributed by atoms with Crippen LogP contribution in [0.4, 0.5) is 16.2 Å². The van der Waals surface area contributed by atoms with Gasteiger partial charge in [-0.05, 0) is 56.9 Å². The number of methoxy groups -OCH3 is 1. The average molecular weight is 417 g/mol. The normalized spacial score (nSPS) is 18.0. The number of carbonyl (C=O) groups is 2. The number of ether oxygens (including phenoxy) is 2. The predicted molar refractivity (Wildman–Crippen MR) is 114 cm³/mol. The van der Waals surface area contributed by atoms with Crippen molar-refractivity contribution in [1.29, 1.82) is 0 Å². The second-order valence-electron chi connectivity index (χ2n) is 8.00. The number of anilines is 2. The number of benzene rings is 2. The highest BCUT2D eigenvalue weighted by atomic mass is 35.5. The van der Waals surface area contributed by atoms with Crippen molar-refractivity contribution >= 4 is 35.0 Å². The molecule has 2 atom stereocenters. The van der Waals surface area contributed by atoms with E-state index in [0.29, 0.717) is 22.1 Å². The van der Waals surface area contributed by atoms with Gasteiger partial charge in [-0.15, -0.1) is 0 Å². The van der Waals surface area contributed by atoms with Crippen molar-refractivity contribution in [2.24, 2.45) is 5.92 Å². The molecule has 0 bridgehead atoms. The van der Waals surface area contributed by atoms with Crippen LogP contribution >= 0.6 is 11.6 Å². The number of halogens is 1. The maximum atomic E-state index is 12.8. The van der Waals surface area contributed by atoms with Gasteiger partial charge < -0.3 is 14.8 Å². The van der Waals surface area contributed by atoms with Crippen LogP contribution in [0.3, 0.4) is 0 Å². The summed E-state index contributed by atoms with van der Waals surface area (Å²) in [5.41, 5.74) is 1.23. The van der Waals surface area contributed by atoms with Crippen LogP contribution in [0, 0.1) is 5.92 Å². The number of hydrogen-bond donors (Lipinski definition) is 2. The van der Waals surface area contributed by atoms with E-state index >= 15 is 0 Å². The Balaban J connectivity index is 1.73. The third-order valence-electron chi connectivity index (χ3n) is 4.55. The molecule has 1 fully saturated rings. The lowest BCUT2D eigenvalue weighted by molar-refractivity contribution is -0.117.